The third-order valence-electron chi connectivity index (χ3n) is 4.95. The van der Waals surface area contributed by atoms with Crippen molar-refractivity contribution < 1.29 is 0 Å². The molecule has 3 nitrogen and oxygen atoms in total. The standard InChI is InChI=1S/C18H31N3/c1-15-6-5-7-17(16(15)2)21-12-10-20(11-13-21)9-8-18(3,4)14-19/h5-7H,8-14,19H2,1-4H3. The third-order valence-corrected chi connectivity index (χ3v) is 4.95. The fourth-order valence-electron chi connectivity index (χ4n) is 2.85. The van der Waals surface area contributed by atoms with Crippen molar-refractivity contribution in [2.45, 2.75) is 34.1 Å². The van der Waals surface area contributed by atoms with Crippen LogP contribution in [-0.2, 0) is 0 Å². The number of rotatable bonds is 5. The van der Waals surface area contributed by atoms with Gasteiger partial charge in [0.25, 0.3) is 0 Å². The van der Waals surface area contributed by atoms with E-state index in [1.54, 1.807) is 0 Å². The van der Waals surface area contributed by atoms with Crippen molar-refractivity contribution in [2.75, 3.05) is 44.2 Å². The van der Waals surface area contributed by atoms with Crippen LogP contribution in [0.4, 0.5) is 5.69 Å². The largest absolute Gasteiger partial charge is 0.369 e. The SMILES string of the molecule is Cc1cccc(N2CCN(CCC(C)(C)CN)CC2)c1C. The van der Waals surface area contributed by atoms with E-state index in [1.807, 2.05) is 0 Å². The molecular formula is C18H31N3. The molecule has 0 aliphatic carbocycles. The van der Waals surface area contributed by atoms with Crippen molar-refractivity contribution in [2.24, 2.45) is 11.1 Å². The van der Waals surface area contributed by atoms with E-state index in [2.05, 4.69) is 55.7 Å². The van der Waals surface area contributed by atoms with Crippen LogP contribution in [0.1, 0.15) is 31.4 Å². The van der Waals surface area contributed by atoms with Crippen LogP contribution in [-0.4, -0.2) is 44.2 Å². The molecule has 0 saturated carbocycles. The monoisotopic (exact) mass is 289 g/mol. The predicted octanol–water partition coefficient (Wildman–Crippen LogP) is 2.80. The Balaban J connectivity index is 1.87. The van der Waals surface area contributed by atoms with Gasteiger partial charge in [-0.3, -0.25) is 4.90 Å². The molecule has 1 aliphatic heterocycles. The van der Waals surface area contributed by atoms with Crippen molar-refractivity contribution in [3.8, 4) is 0 Å². The number of anilines is 1. The van der Waals surface area contributed by atoms with Crippen LogP contribution in [0.25, 0.3) is 0 Å². The minimum absolute atomic E-state index is 0.268. The van der Waals surface area contributed by atoms with E-state index in [4.69, 9.17) is 5.73 Å². The quantitative estimate of drug-likeness (QED) is 0.904. The maximum atomic E-state index is 5.82. The lowest BCUT2D eigenvalue weighted by molar-refractivity contribution is 0.211. The summed E-state index contributed by atoms with van der Waals surface area (Å²) < 4.78 is 0. The highest BCUT2D eigenvalue weighted by molar-refractivity contribution is 5.56. The Morgan fingerprint density at radius 3 is 2.38 bits per heavy atom. The van der Waals surface area contributed by atoms with Crippen LogP contribution in [0.2, 0.25) is 0 Å². The van der Waals surface area contributed by atoms with Gasteiger partial charge in [-0.05, 0) is 56.0 Å². The Morgan fingerprint density at radius 1 is 1.10 bits per heavy atom. The second kappa shape index (κ2) is 6.80. The van der Waals surface area contributed by atoms with E-state index in [1.165, 1.54) is 29.8 Å². The summed E-state index contributed by atoms with van der Waals surface area (Å²) in [6.07, 6.45) is 1.19. The van der Waals surface area contributed by atoms with Gasteiger partial charge in [-0.1, -0.05) is 26.0 Å². The molecule has 21 heavy (non-hydrogen) atoms. The van der Waals surface area contributed by atoms with Gasteiger partial charge in [0.1, 0.15) is 0 Å². The molecular weight excluding hydrogens is 258 g/mol. The molecule has 0 atom stereocenters. The summed E-state index contributed by atoms with van der Waals surface area (Å²) in [6, 6.07) is 6.63. The molecule has 3 heteroatoms. The average Bonchev–Trinajstić information content (AvgIpc) is 2.49. The zero-order valence-corrected chi connectivity index (χ0v) is 14.2. The summed E-state index contributed by atoms with van der Waals surface area (Å²) in [4.78, 5) is 5.12. The van der Waals surface area contributed by atoms with Crippen molar-refractivity contribution in [3.05, 3.63) is 29.3 Å². The third kappa shape index (κ3) is 4.21. The topological polar surface area (TPSA) is 32.5 Å². The Kier molecular flexibility index (Phi) is 5.28. The molecule has 118 valence electrons. The van der Waals surface area contributed by atoms with Crippen molar-refractivity contribution in [3.63, 3.8) is 0 Å². The van der Waals surface area contributed by atoms with Crippen LogP contribution in [0.15, 0.2) is 18.2 Å². The minimum atomic E-state index is 0.268. The van der Waals surface area contributed by atoms with Gasteiger partial charge < -0.3 is 10.6 Å². The van der Waals surface area contributed by atoms with Crippen molar-refractivity contribution in [1.82, 2.24) is 4.90 Å². The lowest BCUT2D eigenvalue weighted by Gasteiger charge is -2.38. The molecule has 0 spiro atoms. The Morgan fingerprint density at radius 2 is 1.76 bits per heavy atom. The number of nitrogens with zero attached hydrogens (tertiary/aromatic N) is 2. The molecule has 1 aromatic carbocycles. The van der Waals surface area contributed by atoms with Crippen molar-refractivity contribution >= 4 is 5.69 Å². The number of benzene rings is 1. The normalized spacial score (nSPS) is 17.3. The molecule has 0 aromatic heterocycles. The Hall–Kier alpha value is -1.06. The molecule has 1 aliphatic rings. The zero-order valence-electron chi connectivity index (χ0n) is 14.2. The van der Waals surface area contributed by atoms with Crippen LogP contribution in [0, 0.1) is 19.3 Å². The first kappa shape index (κ1) is 16.3. The van der Waals surface area contributed by atoms with Crippen LogP contribution >= 0.6 is 0 Å². The molecule has 1 heterocycles. The smallest absolute Gasteiger partial charge is 0.0399 e. The van der Waals surface area contributed by atoms with Crippen molar-refractivity contribution in [1.29, 1.82) is 0 Å². The fraction of sp³-hybridized carbons (Fsp3) is 0.667. The van der Waals surface area contributed by atoms with E-state index in [9.17, 15) is 0 Å². The fourth-order valence-corrected chi connectivity index (χ4v) is 2.85. The summed E-state index contributed by atoms with van der Waals surface area (Å²) in [5, 5.41) is 0. The highest BCUT2D eigenvalue weighted by Gasteiger charge is 2.21. The van der Waals surface area contributed by atoms with E-state index in [0.717, 1.165) is 32.7 Å². The van der Waals surface area contributed by atoms with Gasteiger partial charge in [-0.15, -0.1) is 0 Å². The van der Waals surface area contributed by atoms with E-state index in [-0.39, 0.29) is 5.41 Å². The lowest BCUT2D eigenvalue weighted by atomic mass is 9.89. The van der Waals surface area contributed by atoms with Crippen LogP contribution < -0.4 is 10.6 Å². The summed E-state index contributed by atoms with van der Waals surface area (Å²) >= 11 is 0. The van der Waals surface area contributed by atoms with Gasteiger partial charge in [0.15, 0.2) is 0 Å². The predicted molar refractivity (Wildman–Crippen MR) is 92.0 cm³/mol. The summed E-state index contributed by atoms with van der Waals surface area (Å²) in [6.45, 7) is 15.5. The Labute approximate surface area is 130 Å². The molecule has 0 unspecified atom stereocenters. The minimum Gasteiger partial charge on any atom is -0.369 e. The highest BCUT2D eigenvalue weighted by Crippen LogP contribution is 2.24. The summed E-state index contributed by atoms with van der Waals surface area (Å²) in [5.41, 5.74) is 10.3. The second-order valence-electron chi connectivity index (χ2n) is 7.17. The number of hydrogen-bond acceptors (Lipinski definition) is 3. The Bertz CT molecular complexity index is 460. The summed E-state index contributed by atoms with van der Waals surface area (Å²) in [5.74, 6) is 0. The number of nitrogens with two attached hydrogens (primary N) is 1. The van der Waals surface area contributed by atoms with Gasteiger partial charge >= 0.3 is 0 Å². The lowest BCUT2D eigenvalue weighted by Crippen LogP contribution is -2.47. The molecule has 1 aromatic rings. The first-order valence-electron chi connectivity index (χ1n) is 8.16. The van der Waals surface area contributed by atoms with Gasteiger partial charge in [-0.25, -0.2) is 0 Å². The molecule has 1 fully saturated rings. The maximum Gasteiger partial charge on any atom is 0.0399 e. The average molecular weight is 289 g/mol. The molecule has 2 N–H and O–H groups in total. The van der Waals surface area contributed by atoms with Crippen LogP contribution in [0.3, 0.4) is 0 Å². The maximum absolute atomic E-state index is 5.82. The molecule has 0 amide bonds. The van der Waals surface area contributed by atoms with Crippen LogP contribution in [0.5, 0.6) is 0 Å². The molecule has 1 saturated heterocycles. The molecule has 0 bridgehead atoms. The second-order valence-corrected chi connectivity index (χ2v) is 7.17. The summed E-state index contributed by atoms with van der Waals surface area (Å²) in [7, 11) is 0. The van der Waals surface area contributed by atoms with E-state index >= 15 is 0 Å². The zero-order chi connectivity index (χ0) is 15.5. The van der Waals surface area contributed by atoms with E-state index in [0.29, 0.717) is 0 Å². The van der Waals surface area contributed by atoms with Gasteiger partial charge in [0, 0.05) is 31.9 Å². The van der Waals surface area contributed by atoms with Gasteiger partial charge in [-0.2, -0.15) is 0 Å². The first-order valence-corrected chi connectivity index (χ1v) is 8.16. The number of aryl methyl sites for hydroxylation is 1. The van der Waals surface area contributed by atoms with E-state index < -0.39 is 0 Å². The number of hydrogen-bond donors (Lipinski definition) is 1. The molecule has 2 rings (SSSR count). The number of piperazine rings is 1. The van der Waals surface area contributed by atoms with Gasteiger partial charge in [0.05, 0.1) is 0 Å². The highest BCUT2D eigenvalue weighted by atomic mass is 15.3. The first-order chi connectivity index (χ1) is 9.93. The molecule has 0 radical (unpaired) electrons. The van der Waals surface area contributed by atoms with Gasteiger partial charge in [0.2, 0.25) is 0 Å².